The Hall–Kier alpha value is -3.14. The first-order valence-electron chi connectivity index (χ1n) is 11.0. The van der Waals surface area contributed by atoms with Gasteiger partial charge < -0.3 is 9.73 Å². The van der Waals surface area contributed by atoms with E-state index in [2.05, 4.69) is 17.4 Å². The molecule has 152 valence electrons. The maximum absolute atomic E-state index is 12.6. The highest BCUT2D eigenvalue weighted by Crippen LogP contribution is 2.33. The second-order valence-electron chi connectivity index (χ2n) is 8.29. The highest BCUT2D eigenvalue weighted by molar-refractivity contribution is 6.04. The van der Waals surface area contributed by atoms with Crippen LogP contribution in [0.4, 0.5) is 5.69 Å². The number of nitrogens with zero attached hydrogens (tertiary/aromatic N) is 1. The van der Waals surface area contributed by atoms with Gasteiger partial charge in [0, 0.05) is 11.8 Å². The zero-order chi connectivity index (χ0) is 20.3. The number of hydrogen-bond acceptors (Lipinski definition) is 3. The van der Waals surface area contributed by atoms with Crippen LogP contribution in [-0.4, -0.2) is 10.9 Å². The molecule has 1 aliphatic rings. The zero-order valence-electron chi connectivity index (χ0n) is 17.1. The Balaban J connectivity index is 1.39. The van der Waals surface area contributed by atoms with Crippen LogP contribution in [0.15, 0.2) is 65.1 Å². The average Bonchev–Trinajstić information content (AvgIpc) is 3.23. The molecule has 1 aromatic heterocycles. The second-order valence-corrected chi connectivity index (χ2v) is 8.29. The maximum Gasteiger partial charge on any atom is 0.229 e. The molecule has 0 atom stereocenters. The Morgan fingerprint density at radius 2 is 1.77 bits per heavy atom. The number of amides is 1. The lowest BCUT2D eigenvalue weighted by atomic mass is 9.86. The lowest BCUT2D eigenvalue weighted by Gasteiger charge is -2.21. The molecule has 0 bridgehead atoms. The van der Waals surface area contributed by atoms with Crippen LogP contribution < -0.4 is 5.32 Å². The minimum absolute atomic E-state index is 0.0644. The summed E-state index contributed by atoms with van der Waals surface area (Å²) in [6.45, 7) is 0. The molecule has 0 spiro atoms. The molecule has 0 unspecified atom stereocenters. The molecule has 1 N–H and O–H groups in total. The monoisotopic (exact) mass is 398 g/mol. The maximum atomic E-state index is 12.6. The number of oxazole rings is 1. The molecule has 1 amide bonds. The highest BCUT2D eigenvalue weighted by atomic mass is 16.3. The summed E-state index contributed by atoms with van der Waals surface area (Å²) < 4.78 is 6.08. The zero-order valence-corrected chi connectivity index (χ0v) is 17.1. The fourth-order valence-electron chi connectivity index (χ4n) is 4.58. The second kappa shape index (κ2) is 8.31. The molecule has 1 heterocycles. The van der Waals surface area contributed by atoms with Crippen LogP contribution in [0.3, 0.4) is 0 Å². The van der Waals surface area contributed by atoms with E-state index < -0.39 is 0 Å². The molecule has 5 rings (SSSR count). The highest BCUT2D eigenvalue weighted by Gasteiger charge is 2.17. The summed E-state index contributed by atoms with van der Waals surface area (Å²) in [5, 5.41) is 5.29. The van der Waals surface area contributed by atoms with Gasteiger partial charge in [0.15, 0.2) is 5.58 Å². The largest absolute Gasteiger partial charge is 0.436 e. The Bertz CT molecular complexity index is 1190. The van der Waals surface area contributed by atoms with E-state index in [4.69, 9.17) is 9.40 Å². The summed E-state index contributed by atoms with van der Waals surface area (Å²) in [5.41, 5.74) is 3.16. The van der Waals surface area contributed by atoms with Gasteiger partial charge in [0.25, 0.3) is 0 Å². The SMILES string of the molecule is O=C(CCC1CCCCC1)Nc1ccccc1-c1nc2c(ccc3ccccc32)o1. The Kier molecular flexibility index (Phi) is 5.22. The number of anilines is 1. The number of hydrogen-bond donors (Lipinski definition) is 1. The van der Waals surface area contributed by atoms with Crippen LogP contribution in [0.25, 0.3) is 33.3 Å². The summed E-state index contributed by atoms with van der Waals surface area (Å²) in [7, 11) is 0. The molecule has 0 saturated heterocycles. The number of rotatable bonds is 5. The summed E-state index contributed by atoms with van der Waals surface area (Å²) in [5.74, 6) is 1.30. The van der Waals surface area contributed by atoms with Gasteiger partial charge >= 0.3 is 0 Å². The molecule has 30 heavy (non-hydrogen) atoms. The van der Waals surface area contributed by atoms with Gasteiger partial charge in [0.1, 0.15) is 5.52 Å². The topological polar surface area (TPSA) is 55.1 Å². The standard InChI is InChI=1S/C26H26N2O2/c29-24(17-14-18-8-2-1-3-9-18)27-22-13-7-6-12-21(22)26-28-25-20-11-5-4-10-19(20)15-16-23(25)30-26/h4-7,10-13,15-16,18H,1-3,8-9,14,17H2,(H,27,29). The molecule has 0 aliphatic heterocycles. The van der Waals surface area contributed by atoms with E-state index in [-0.39, 0.29) is 5.91 Å². The van der Waals surface area contributed by atoms with Gasteiger partial charge in [-0.1, -0.05) is 74.6 Å². The summed E-state index contributed by atoms with van der Waals surface area (Å²) >= 11 is 0. The number of aromatic nitrogens is 1. The molecule has 4 nitrogen and oxygen atoms in total. The summed E-state index contributed by atoms with van der Waals surface area (Å²) in [6, 6.07) is 19.9. The van der Waals surface area contributed by atoms with Gasteiger partial charge in [-0.25, -0.2) is 4.98 Å². The molecule has 3 aromatic carbocycles. The molecule has 0 radical (unpaired) electrons. The van der Waals surface area contributed by atoms with Gasteiger partial charge in [0.2, 0.25) is 11.8 Å². The van der Waals surface area contributed by atoms with E-state index in [1.807, 2.05) is 48.5 Å². The lowest BCUT2D eigenvalue weighted by molar-refractivity contribution is -0.116. The molecule has 1 aliphatic carbocycles. The van der Waals surface area contributed by atoms with Crippen LogP contribution in [-0.2, 0) is 4.79 Å². The van der Waals surface area contributed by atoms with Crippen LogP contribution in [0, 0.1) is 5.92 Å². The van der Waals surface area contributed by atoms with Crippen LogP contribution in [0.1, 0.15) is 44.9 Å². The van der Waals surface area contributed by atoms with Crippen molar-refractivity contribution in [1.29, 1.82) is 0 Å². The first-order chi connectivity index (χ1) is 14.8. The quantitative estimate of drug-likeness (QED) is 0.396. The number of carbonyl (C=O) groups excluding carboxylic acids is 1. The van der Waals surface area contributed by atoms with E-state index in [9.17, 15) is 4.79 Å². The third-order valence-corrected chi connectivity index (χ3v) is 6.22. The van der Waals surface area contributed by atoms with Gasteiger partial charge in [0.05, 0.1) is 11.3 Å². The number of para-hydroxylation sites is 1. The van der Waals surface area contributed by atoms with Crippen molar-refractivity contribution in [2.75, 3.05) is 5.32 Å². The van der Waals surface area contributed by atoms with Crippen molar-refractivity contribution in [2.45, 2.75) is 44.9 Å². The summed E-state index contributed by atoms with van der Waals surface area (Å²) in [6.07, 6.45) is 8.03. The number of fused-ring (bicyclic) bond motifs is 3. The molecule has 4 aromatic rings. The van der Waals surface area contributed by atoms with Gasteiger partial charge in [-0.05, 0) is 35.9 Å². The molecule has 1 saturated carbocycles. The van der Waals surface area contributed by atoms with Crippen molar-refractivity contribution >= 4 is 33.5 Å². The fraction of sp³-hybridized carbons (Fsp3) is 0.308. The van der Waals surface area contributed by atoms with Gasteiger partial charge in [-0.15, -0.1) is 0 Å². The minimum atomic E-state index is 0.0644. The van der Waals surface area contributed by atoms with Crippen LogP contribution >= 0.6 is 0 Å². The van der Waals surface area contributed by atoms with E-state index in [1.165, 1.54) is 32.1 Å². The van der Waals surface area contributed by atoms with Crippen molar-refractivity contribution in [3.05, 3.63) is 60.7 Å². The van der Waals surface area contributed by atoms with E-state index >= 15 is 0 Å². The Labute approximate surface area is 176 Å². The number of benzene rings is 3. The number of nitrogens with one attached hydrogen (secondary N) is 1. The predicted molar refractivity (Wildman–Crippen MR) is 121 cm³/mol. The van der Waals surface area contributed by atoms with E-state index in [1.54, 1.807) is 0 Å². The van der Waals surface area contributed by atoms with E-state index in [0.29, 0.717) is 18.2 Å². The van der Waals surface area contributed by atoms with E-state index in [0.717, 1.165) is 39.5 Å². The van der Waals surface area contributed by atoms with Crippen molar-refractivity contribution in [1.82, 2.24) is 4.98 Å². The van der Waals surface area contributed by atoms with Crippen LogP contribution in [0.5, 0.6) is 0 Å². The Morgan fingerprint density at radius 3 is 2.67 bits per heavy atom. The number of carbonyl (C=O) groups is 1. The fourth-order valence-corrected chi connectivity index (χ4v) is 4.58. The molecule has 1 fully saturated rings. The summed E-state index contributed by atoms with van der Waals surface area (Å²) in [4.78, 5) is 17.4. The minimum Gasteiger partial charge on any atom is -0.436 e. The lowest BCUT2D eigenvalue weighted by Crippen LogP contribution is -2.15. The predicted octanol–water partition coefficient (Wildman–Crippen LogP) is 6.95. The van der Waals surface area contributed by atoms with Gasteiger partial charge in [-0.2, -0.15) is 0 Å². The average molecular weight is 399 g/mol. The van der Waals surface area contributed by atoms with Crippen molar-refractivity contribution in [2.24, 2.45) is 5.92 Å². The Morgan fingerprint density at radius 1 is 0.967 bits per heavy atom. The third-order valence-electron chi connectivity index (χ3n) is 6.22. The van der Waals surface area contributed by atoms with Gasteiger partial charge in [-0.3, -0.25) is 4.79 Å². The normalized spacial score (nSPS) is 14.9. The molecular weight excluding hydrogens is 372 g/mol. The molecule has 4 heteroatoms. The van der Waals surface area contributed by atoms with Crippen molar-refractivity contribution < 1.29 is 9.21 Å². The smallest absolute Gasteiger partial charge is 0.229 e. The van der Waals surface area contributed by atoms with Crippen molar-refractivity contribution in [3.63, 3.8) is 0 Å². The first kappa shape index (κ1) is 18.9. The first-order valence-corrected chi connectivity index (χ1v) is 11.0. The van der Waals surface area contributed by atoms with Crippen molar-refractivity contribution in [3.8, 4) is 11.5 Å². The third kappa shape index (κ3) is 3.82. The molecular formula is C26H26N2O2. The van der Waals surface area contributed by atoms with Crippen LogP contribution in [0.2, 0.25) is 0 Å².